The molecule has 2 N–H and O–H groups in total. The lowest BCUT2D eigenvalue weighted by molar-refractivity contribution is 0.191. The van der Waals surface area contributed by atoms with Gasteiger partial charge in [0, 0.05) is 20.1 Å². The summed E-state index contributed by atoms with van der Waals surface area (Å²) < 4.78 is 0. The van der Waals surface area contributed by atoms with Crippen LogP contribution in [0.5, 0.6) is 0 Å². The third kappa shape index (κ3) is 4.64. The Morgan fingerprint density at radius 3 is 2.41 bits per heavy atom. The first-order valence-electron chi connectivity index (χ1n) is 5.57. The SMILES string of the molecule is CNC(=O)N=C(NC(=O)N1CCCCC1)SC. The molecule has 0 unspecified atom stereocenters. The number of aliphatic imine (C=N–C) groups is 1. The monoisotopic (exact) mass is 258 g/mol. The highest BCUT2D eigenvalue weighted by Crippen LogP contribution is 2.09. The van der Waals surface area contributed by atoms with Crippen molar-refractivity contribution in [1.29, 1.82) is 0 Å². The maximum atomic E-state index is 11.8. The van der Waals surface area contributed by atoms with Crippen LogP contribution in [0.4, 0.5) is 9.59 Å². The molecular weight excluding hydrogens is 240 g/mol. The first kappa shape index (κ1) is 13.8. The van der Waals surface area contributed by atoms with Crippen molar-refractivity contribution in [3.63, 3.8) is 0 Å². The van der Waals surface area contributed by atoms with Crippen LogP contribution >= 0.6 is 11.8 Å². The summed E-state index contributed by atoms with van der Waals surface area (Å²) in [5.74, 6) is 0. The molecule has 7 heteroatoms. The van der Waals surface area contributed by atoms with Crippen LogP contribution in [0.15, 0.2) is 4.99 Å². The van der Waals surface area contributed by atoms with Crippen LogP contribution in [0, 0.1) is 0 Å². The Morgan fingerprint density at radius 1 is 1.24 bits per heavy atom. The zero-order valence-corrected chi connectivity index (χ0v) is 11.0. The van der Waals surface area contributed by atoms with Gasteiger partial charge in [-0.25, -0.2) is 9.59 Å². The minimum absolute atomic E-state index is 0.179. The molecule has 0 aromatic rings. The zero-order chi connectivity index (χ0) is 12.7. The molecule has 96 valence electrons. The standard InChI is InChI=1S/C10H18N4O2S/c1-11-8(15)12-9(17-2)13-10(16)14-6-4-3-5-7-14/h3-7H2,1-2H3,(H2,11,12,13,15,16). The average Bonchev–Trinajstić information content (AvgIpc) is 2.38. The number of likely N-dealkylation sites (tertiary alicyclic amines) is 1. The first-order valence-corrected chi connectivity index (χ1v) is 6.80. The van der Waals surface area contributed by atoms with E-state index in [1.807, 2.05) is 0 Å². The second kappa shape index (κ2) is 7.16. The van der Waals surface area contributed by atoms with Gasteiger partial charge in [0.05, 0.1) is 0 Å². The van der Waals surface area contributed by atoms with E-state index in [4.69, 9.17) is 0 Å². The number of nitrogens with zero attached hydrogens (tertiary/aromatic N) is 2. The van der Waals surface area contributed by atoms with Crippen LogP contribution in [-0.4, -0.2) is 48.5 Å². The van der Waals surface area contributed by atoms with Gasteiger partial charge in [0.15, 0.2) is 5.17 Å². The number of amides is 4. The molecule has 0 aromatic carbocycles. The van der Waals surface area contributed by atoms with Crippen LogP contribution in [0.25, 0.3) is 0 Å². The van der Waals surface area contributed by atoms with Gasteiger partial charge in [-0.2, -0.15) is 4.99 Å². The van der Waals surface area contributed by atoms with Crippen molar-refractivity contribution in [2.75, 3.05) is 26.4 Å². The number of rotatable bonds is 0. The van der Waals surface area contributed by atoms with E-state index in [-0.39, 0.29) is 6.03 Å². The summed E-state index contributed by atoms with van der Waals surface area (Å²) in [6.07, 6.45) is 5.01. The van der Waals surface area contributed by atoms with Gasteiger partial charge < -0.3 is 10.2 Å². The van der Waals surface area contributed by atoms with Crippen molar-refractivity contribution in [1.82, 2.24) is 15.5 Å². The van der Waals surface area contributed by atoms with Gasteiger partial charge in [-0.05, 0) is 25.5 Å². The van der Waals surface area contributed by atoms with Crippen LogP contribution in [0.2, 0.25) is 0 Å². The number of carbonyl (C=O) groups excluding carboxylic acids is 2. The lowest BCUT2D eigenvalue weighted by atomic mass is 10.1. The summed E-state index contributed by atoms with van der Waals surface area (Å²) in [4.78, 5) is 28.4. The molecule has 0 atom stereocenters. The molecule has 0 spiro atoms. The van der Waals surface area contributed by atoms with Crippen LogP contribution < -0.4 is 10.6 Å². The molecule has 4 amide bonds. The Hall–Kier alpha value is -1.24. The fourth-order valence-electron chi connectivity index (χ4n) is 1.54. The van der Waals surface area contributed by atoms with Crippen molar-refractivity contribution >= 4 is 29.0 Å². The summed E-state index contributed by atoms with van der Waals surface area (Å²) in [5, 5.41) is 5.34. The predicted octanol–water partition coefficient (Wildman–Crippen LogP) is 1.24. The van der Waals surface area contributed by atoms with Crippen molar-refractivity contribution in [3.8, 4) is 0 Å². The lowest BCUT2D eigenvalue weighted by Crippen LogP contribution is -2.44. The van der Waals surface area contributed by atoms with Crippen LogP contribution in [0.1, 0.15) is 19.3 Å². The van der Waals surface area contributed by atoms with E-state index in [0.29, 0.717) is 5.17 Å². The third-order valence-corrected chi connectivity index (χ3v) is 3.05. The number of nitrogens with one attached hydrogen (secondary N) is 2. The maximum Gasteiger partial charge on any atom is 0.343 e. The predicted molar refractivity (Wildman–Crippen MR) is 69.4 cm³/mol. The number of urea groups is 2. The van der Waals surface area contributed by atoms with Crippen LogP contribution in [-0.2, 0) is 0 Å². The summed E-state index contributed by atoms with van der Waals surface area (Å²) >= 11 is 1.24. The molecule has 0 radical (unpaired) electrons. The largest absolute Gasteiger partial charge is 0.343 e. The third-order valence-electron chi connectivity index (χ3n) is 2.47. The molecule has 1 saturated heterocycles. The Morgan fingerprint density at radius 2 is 1.88 bits per heavy atom. The van der Waals surface area contributed by atoms with E-state index in [1.165, 1.54) is 25.2 Å². The molecule has 1 heterocycles. The van der Waals surface area contributed by atoms with Gasteiger partial charge in [0.25, 0.3) is 0 Å². The van der Waals surface area contributed by atoms with Gasteiger partial charge in [-0.1, -0.05) is 11.8 Å². The minimum Gasteiger partial charge on any atom is -0.339 e. The molecule has 0 aliphatic carbocycles. The number of amidine groups is 1. The fourth-order valence-corrected chi connectivity index (χ4v) is 1.90. The van der Waals surface area contributed by atoms with Gasteiger partial charge in [-0.3, -0.25) is 5.32 Å². The molecule has 1 rings (SSSR count). The normalized spacial score (nSPS) is 16.6. The Labute approximate surface area is 105 Å². The first-order chi connectivity index (χ1) is 8.17. The maximum absolute atomic E-state index is 11.8. The second-order valence-electron chi connectivity index (χ2n) is 3.65. The topological polar surface area (TPSA) is 73.8 Å². The van der Waals surface area contributed by atoms with Gasteiger partial charge >= 0.3 is 12.1 Å². The second-order valence-corrected chi connectivity index (χ2v) is 4.45. The van der Waals surface area contributed by atoms with Gasteiger partial charge in [0.2, 0.25) is 0 Å². The highest BCUT2D eigenvalue weighted by molar-refractivity contribution is 8.13. The van der Waals surface area contributed by atoms with Crippen molar-refractivity contribution < 1.29 is 9.59 Å². The average molecular weight is 258 g/mol. The Balaban J connectivity index is 2.52. The molecule has 17 heavy (non-hydrogen) atoms. The summed E-state index contributed by atoms with van der Waals surface area (Å²) in [7, 11) is 1.50. The number of hydrogen-bond acceptors (Lipinski definition) is 3. The van der Waals surface area contributed by atoms with Crippen LogP contribution in [0.3, 0.4) is 0 Å². The molecule has 0 saturated carbocycles. The van der Waals surface area contributed by atoms with E-state index in [1.54, 1.807) is 11.2 Å². The highest BCUT2D eigenvalue weighted by Gasteiger charge is 2.17. The molecule has 0 bridgehead atoms. The summed E-state index contributed by atoms with van der Waals surface area (Å²) in [6.45, 7) is 1.54. The lowest BCUT2D eigenvalue weighted by Gasteiger charge is -2.26. The van der Waals surface area contributed by atoms with E-state index >= 15 is 0 Å². The van der Waals surface area contributed by atoms with Gasteiger partial charge in [-0.15, -0.1) is 0 Å². The van der Waals surface area contributed by atoms with Gasteiger partial charge in [0.1, 0.15) is 0 Å². The molecule has 0 aromatic heterocycles. The zero-order valence-electron chi connectivity index (χ0n) is 10.2. The summed E-state index contributed by atoms with van der Waals surface area (Å²) in [5.41, 5.74) is 0. The van der Waals surface area contributed by atoms with E-state index in [2.05, 4.69) is 15.6 Å². The van der Waals surface area contributed by atoms with E-state index in [9.17, 15) is 9.59 Å². The molecule has 1 aliphatic heterocycles. The minimum atomic E-state index is -0.465. The summed E-state index contributed by atoms with van der Waals surface area (Å²) in [6, 6.07) is -0.644. The van der Waals surface area contributed by atoms with Crippen molar-refractivity contribution in [2.45, 2.75) is 19.3 Å². The molecule has 1 aliphatic rings. The van der Waals surface area contributed by atoms with Crippen molar-refractivity contribution in [2.24, 2.45) is 4.99 Å². The van der Waals surface area contributed by atoms with E-state index in [0.717, 1.165) is 25.9 Å². The van der Waals surface area contributed by atoms with Crippen molar-refractivity contribution in [3.05, 3.63) is 0 Å². The number of thioether (sulfide) groups is 1. The fraction of sp³-hybridized carbons (Fsp3) is 0.700. The Bertz CT molecular complexity index is 313. The molecular formula is C10H18N4O2S. The Kier molecular flexibility index (Phi) is 5.82. The smallest absolute Gasteiger partial charge is 0.339 e. The molecule has 6 nitrogen and oxygen atoms in total. The molecule has 1 fully saturated rings. The quantitative estimate of drug-likeness (QED) is 0.507. The van der Waals surface area contributed by atoms with E-state index < -0.39 is 6.03 Å². The number of carbonyl (C=O) groups is 2. The number of piperidine rings is 1. The highest BCUT2D eigenvalue weighted by atomic mass is 32.2. The number of hydrogen-bond donors (Lipinski definition) is 2.